The molecule has 0 unspecified atom stereocenters. The van der Waals surface area contributed by atoms with Gasteiger partial charge in [-0.3, -0.25) is 9.36 Å². The molecule has 5 heteroatoms. The van der Waals surface area contributed by atoms with Crippen LogP contribution >= 0.6 is 11.6 Å². The topological polar surface area (TPSA) is 44.1 Å². The quantitative estimate of drug-likeness (QED) is 0.553. The van der Waals surface area contributed by atoms with E-state index in [1.165, 1.54) is 18.0 Å². The molecule has 0 aliphatic carbocycles. The first-order valence-corrected chi connectivity index (χ1v) is 4.31. The van der Waals surface area contributed by atoms with Crippen LogP contribution in [0.4, 0.5) is 0 Å². The predicted octanol–water partition coefficient (Wildman–Crippen LogP) is 0.929. The molecule has 0 saturated heterocycles. The summed E-state index contributed by atoms with van der Waals surface area (Å²) in [6.07, 6.45) is 6.90. The highest BCUT2D eigenvalue weighted by molar-refractivity contribution is 6.30. The van der Waals surface area contributed by atoms with E-state index in [0.717, 1.165) is 0 Å². The summed E-state index contributed by atoms with van der Waals surface area (Å²) in [4.78, 5) is 15.4. The second kappa shape index (κ2) is 4.68. The largest absolute Gasteiger partial charge is 0.489 e. The maximum atomic E-state index is 11.6. The lowest BCUT2D eigenvalue weighted by atomic mass is 10.4. The van der Waals surface area contributed by atoms with Gasteiger partial charge in [-0.2, -0.15) is 0 Å². The average Bonchev–Trinajstić information content (AvgIpc) is 2.18. The standard InChI is InChI=1S/C9H9ClN2O2/c1-3-4-5-12-6-11-8(10)7(14-2)9(12)13/h1,6H,4-5H2,2H3. The smallest absolute Gasteiger partial charge is 0.297 e. The Bertz CT molecular complexity index is 420. The zero-order chi connectivity index (χ0) is 10.6. The summed E-state index contributed by atoms with van der Waals surface area (Å²) in [7, 11) is 1.37. The Hall–Kier alpha value is -1.47. The number of terminal acetylenes is 1. The van der Waals surface area contributed by atoms with Crippen molar-refractivity contribution in [2.24, 2.45) is 0 Å². The van der Waals surface area contributed by atoms with Gasteiger partial charge in [0.1, 0.15) is 0 Å². The van der Waals surface area contributed by atoms with Crippen LogP contribution in [0, 0.1) is 12.3 Å². The Balaban J connectivity index is 3.10. The number of aryl methyl sites for hydroxylation is 1. The molecule has 0 N–H and O–H groups in total. The van der Waals surface area contributed by atoms with Crippen LogP contribution in [-0.4, -0.2) is 16.7 Å². The Kier molecular flexibility index (Phi) is 3.55. The molecule has 1 aromatic rings. The van der Waals surface area contributed by atoms with Crippen molar-refractivity contribution in [3.8, 4) is 18.1 Å². The summed E-state index contributed by atoms with van der Waals surface area (Å²) in [5.41, 5.74) is -0.317. The van der Waals surface area contributed by atoms with Gasteiger partial charge in [-0.05, 0) is 0 Å². The summed E-state index contributed by atoms with van der Waals surface area (Å²) < 4.78 is 6.18. The van der Waals surface area contributed by atoms with E-state index in [1.54, 1.807) is 0 Å². The molecule has 0 aliphatic heterocycles. The van der Waals surface area contributed by atoms with E-state index in [9.17, 15) is 4.79 Å². The molecular formula is C9H9ClN2O2. The molecule has 0 amide bonds. The normalized spacial score (nSPS) is 9.50. The van der Waals surface area contributed by atoms with Crippen molar-refractivity contribution >= 4 is 11.6 Å². The molecule has 74 valence electrons. The van der Waals surface area contributed by atoms with Crippen LogP contribution in [0.1, 0.15) is 6.42 Å². The van der Waals surface area contributed by atoms with Crippen LogP contribution < -0.4 is 10.3 Å². The monoisotopic (exact) mass is 212 g/mol. The summed E-state index contributed by atoms with van der Waals surface area (Å²) in [5, 5.41) is 0.0643. The van der Waals surface area contributed by atoms with E-state index in [4.69, 9.17) is 22.8 Å². The van der Waals surface area contributed by atoms with Crippen molar-refractivity contribution in [1.82, 2.24) is 9.55 Å². The minimum absolute atomic E-state index is 0.0474. The minimum atomic E-state index is -0.317. The molecular weight excluding hydrogens is 204 g/mol. The van der Waals surface area contributed by atoms with Crippen molar-refractivity contribution in [3.05, 3.63) is 21.8 Å². The fourth-order valence-electron chi connectivity index (χ4n) is 0.966. The molecule has 0 radical (unpaired) electrons. The summed E-state index contributed by atoms with van der Waals surface area (Å²) >= 11 is 5.65. The fraction of sp³-hybridized carbons (Fsp3) is 0.333. The molecule has 0 saturated carbocycles. The van der Waals surface area contributed by atoms with Gasteiger partial charge in [0.05, 0.1) is 13.4 Å². The molecule has 0 aliphatic rings. The number of nitrogens with zero attached hydrogens (tertiary/aromatic N) is 2. The zero-order valence-electron chi connectivity index (χ0n) is 7.66. The van der Waals surface area contributed by atoms with Crippen molar-refractivity contribution < 1.29 is 4.74 Å². The van der Waals surface area contributed by atoms with Gasteiger partial charge in [-0.1, -0.05) is 11.6 Å². The minimum Gasteiger partial charge on any atom is -0.489 e. The van der Waals surface area contributed by atoms with Crippen LogP contribution in [0.15, 0.2) is 11.1 Å². The first-order valence-electron chi connectivity index (χ1n) is 3.93. The zero-order valence-corrected chi connectivity index (χ0v) is 8.41. The Labute approximate surface area is 86.5 Å². The molecule has 4 nitrogen and oxygen atoms in total. The highest BCUT2D eigenvalue weighted by Crippen LogP contribution is 2.14. The third kappa shape index (κ3) is 2.06. The molecule has 0 atom stereocenters. The van der Waals surface area contributed by atoms with Crippen LogP contribution in [0.5, 0.6) is 5.75 Å². The number of aromatic nitrogens is 2. The molecule has 0 bridgehead atoms. The van der Waals surface area contributed by atoms with Gasteiger partial charge in [0.25, 0.3) is 5.56 Å². The van der Waals surface area contributed by atoms with Gasteiger partial charge in [-0.15, -0.1) is 12.3 Å². The SMILES string of the molecule is C#CCCn1cnc(Cl)c(OC)c1=O. The summed E-state index contributed by atoms with van der Waals surface area (Å²) in [6, 6.07) is 0. The van der Waals surface area contributed by atoms with Gasteiger partial charge in [0.2, 0.25) is 5.75 Å². The maximum absolute atomic E-state index is 11.6. The van der Waals surface area contributed by atoms with Gasteiger partial charge >= 0.3 is 0 Å². The average molecular weight is 213 g/mol. The van der Waals surface area contributed by atoms with Crippen LogP contribution in [0.3, 0.4) is 0 Å². The fourth-order valence-corrected chi connectivity index (χ4v) is 1.17. The summed E-state index contributed by atoms with van der Waals surface area (Å²) in [6.45, 7) is 0.413. The number of hydrogen-bond donors (Lipinski definition) is 0. The molecule has 1 rings (SSSR count). The highest BCUT2D eigenvalue weighted by atomic mass is 35.5. The van der Waals surface area contributed by atoms with Crippen LogP contribution in [0.2, 0.25) is 5.15 Å². The number of hydrogen-bond acceptors (Lipinski definition) is 3. The lowest BCUT2D eigenvalue weighted by molar-refractivity contribution is 0.399. The molecule has 1 heterocycles. The molecule has 0 aromatic carbocycles. The van der Waals surface area contributed by atoms with E-state index >= 15 is 0 Å². The van der Waals surface area contributed by atoms with E-state index in [2.05, 4.69) is 10.9 Å². The number of ether oxygens (including phenoxy) is 1. The van der Waals surface area contributed by atoms with Crippen LogP contribution in [0.25, 0.3) is 0 Å². The van der Waals surface area contributed by atoms with Crippen LogP contribution in [-0.2, 0) is 6.54 Å². The molecule has 0 fully saturated rings. The molecule has 1 aromatic heterocycles. The third-order valence-corrected chi connectivity index (χ3v) is 1.92. The van der Waals surface area contributed by atoms with E-state index < -0.39 is 0 Å². The summed E-state index contributed by atoms with van der Waals surface area (Å²) in [5.74, 6) is 2.48. The number of rotatable bonds is 3. The van der Waals surface area contributed by atoms with E-state index in [1.807, 2.05) is 0 Å². The predicted molar refractivity (Wildman–Crippen MR) is 53.5 cm³/mol. The van der Waals surface area contributed by atoms with Crippen molar-refractivity contribution in [2.75, 3.05) is 7.11 Å². The Morgan fingerprint density at radius 3 is 3.07 bits per heavy atom. The molecule has 0 spiro atoms. The lowest BCUT2D eigenvalue weighted by Crippen LogP contribution is -2.22. The van der Waals surface area contributed by atoms with Gasteiger partial charge in [0.15, 0.2) is 5.15 Å². The maximum Gasteiger partial charge on any atom is 0.297 e. The van der Waals surface area contributed by atoms with Crippen molar-refractivity contribution in [2.45, 2.75) is 13.0 Å². The van der Waals surface area contributed by atoms with E-state index in [0.29, 0.717) is 13.0 Å². The molecule has 14 heavy (non-hydrogen) atoms. The van der Waals surface area contributed by atoms with Gasteiger partial charge < -0.3 is 4.74 Å². The lowest BCUT2D eigenvalue weighted by Gasteiger charge is -2.05. The van der Waals surface area contributed by atoms with Gasteiger partial charge in [-0.25, -0.2) is 4.98 Å². The number of halogens is 1. The van der Waals surface area contributed by atoms with Gasteiger partial charge in [0, 0.05) is 13.0 Å². The van der Waals surface area contributed by atoms with E-state index in [-0.39, 0.29) is 16.5 Å². The highest BCUT2D eigenvalue weighted by Gasteiger charge is 2.09. The number of methoxy groups -OCH3 is 1. The first-order chi connectivity index (χ1) is 6.70. The van der Waals surface area contributed by atoms with Crippen molar-refractivity contribution in [3.63, 3.8) is 0 Å². The first kappa shape index (κ1) is 10.6. The Morgan fingerprint density at radius 1 is 1.79 bits per heavy atom. The Morgan fingerprint density at radius 2 is 2.50 bits per heavy atom. The third-order valence-electron chi connectivity index (χ3n) is 1.65. The second-order valence-corrected chi connectivity index (χ2v) is 2.88. The van der Waals surface area contributed by atoms with Crippen molar-refractivity contribution in [1.29, 1.82) is 0 Å². The second-order valence-electron chi connectivity index (χ2n) is 2.52.